The molecule has 4 nitrogen and oxygen atoms in total. The lowest BCUT2D eigenvalue weighted by atomic mass is 10.3. The van der Waals surface area contributed by atoms with E-state index in [1.807, 2.05) is 6.26 Å². The first-order chi connectivity index (χ1) is 11.1. The van der Waals surface area contributed by atoms with E-state index in [1.165, 1.54) is 30.1 Å². The second-order valence-corrected chi connectivity index (χ2v) is 5.50. The first-order valence-corrected chi connectivity index (χ1v) is 8.23. The monoisotopic (exact) mass is 331 g/mol. The number of nitrogens with zero attached hydrogens (tertiary/aromatic N) is 3. The van der Waals surface area contributed by atoms with E-state index in [9.17, 15) is 9.18 Å². The molecule has 0 bridgehead atoms. The number of hydrogen-bond donors (Lipinski definition) is 0. The van der Waals surface area contributed by atoms with Crippen molar-refractivity contribution in [2.75, 3.05) is 19.3 Å². The summed E-state index contributed by atoms with van der Waals surface area (Å²) in [5.74, 6) is -0.505. The Kier molecular flexibility index (Phi) is 5.76. The van der Waals surface area contributed by atoms with Crippen LogP contribution in [0.4, 0.5) is 4.39 Å². The Labute approximate surface area is 139 Å². The summed E-state index contributed by atoms with van der Waals surface area (Å²) in [6.45, 7) is 8.17. The third kappa shape index (κ3) is 3.71. The Morgan fingerprint density at radius 1 is 1.30 bits per heavy atom. The number of hydrogen-bond acceptors (Lipinski definition) is 3. The van der Waals surface area contributed by atoms with Crippen molar-refractivity contribution in [2.24, 2.45) is 0 Å². The summed E-state index contributed by atoms with van der Waals surface area (Å²) >= 11 is 1.42. The largest absolute Gasteiger partial charge is 0.330 e. The van der Waals surface area contributed by atoms with Gasteiger partial charge in [0, 0.05) is 18.8 Å². The number of imidazole rings is 1. The van der Waals surface area contributed by atoms with E-state index in [0.29, 0.717) is 29.6 Å². The zero-order valence-electron chi connectivity index (χ0n) is 12.9. The van der Waals surface area contributed by atoms with Crippen molar-refractivity contribution in [1.82, 2.24) is 14.5 Å². The van der Waals surface area contributed by atoms with Crippen molar-refractivity contribution >= 4 is 17.7 Å². The maximum absolute atomic E-state index is 13.2. The SMILES string of the molecule is C=CCN(CC=C)C(=O)c1cnc(SC)n1-c1ccc(F)cc1. The lowest BCUT2D eigenvalue weighted by Crippen LogP contribution is -2.32. The summed E-state index contributed by atoms with van der Waals surface area (Å²) in [6.07, 6.45) is 6.74. The fraction of sp³-hybridized carbons (Fsp3) is 0.176. The molecule has 0 spiro atoms. The highest BCUT2D eigenvalue weighted by Gasteiger charge is 2.21. The van der Waals surface area contributed by atoms with Gasteiger partial charge in [0.25, 0.3) is 5.91 Å². The van der Waals surface area contributed by atoms with Gasteiger partial charge in [-0.1, -0.05) is 23.9 Å². The molecule has 120 valence electrons. The standard InChI is InChI=1S/C17H18FN3OS/c1-4-10-20(11-5-2)16(22)15-12-19-17(23-3)21(15)14-8-6-13(18)7-9-14/h4-9,12H,1-2,10-11H2,3H3. The summed E-state index contributed by atoms with van der Waals surface area (Å²) in [5.41, 5.74) is 1.11. The summed E-state index contributed by atoms with van der Waals surface area (Å²) in [6, 6.07) is 5.97. The smallest absolute Gasteiger partial charge is 0.273 e. The van der Waals surface area contributed by atoms with Crippen LogP contribution in [0.5, 0.6) is 0 Å². The molecule has 23 heavy (non-hydrogen) atoms. The average Bonchev–Trinajstić information content (AvgIpc) is 2.98. The third-order valence-electron chi connectivity index (χ3n) is 3.20. The minimum atomic E-state index is -0.326. The lowest BCUT2D eigenvalue weighted by Gasteiger charge is -2.20. The molecule has 0 saturated heterocycles. The number of halogens is 1. The van der Waals surface area contributed by atoms with Crippen LogP contribution in [0.2, 0.25) is 0 Å². The Morgan fingerprint density at radius 3 is 2.43 bits per heavy atom. The molecule has 2 rings (SSSR count). The van der Waals surface area contributed by atoms with Gasteiger partial charge in [0.15, 0.2) is 5.16 Å². The molecular weight excluding hydrogens is 313 g/mol. The number of carbonyl (C=O) groups excluding carboxylic acids is 1. The van der Waals surface area contributed by atoms with E-state index in [4.69, 9.17) is 0 Å². The van der Waals surface area contributed by atoms with Crippen LogP contribution >= 0.6 is 11.8 Å². The Bertz CT molecular complexity index is 699. The van der Waals surface area contributed by atoms with Gasteiger partial charge < -0.3 is 4.90 Å². The molecule has 0 fully saturated rings. The van der Waals surface area contributed by atoms with Crippen LogP contribution in [0.3, 0.4) is 0 Å². The van der Waals surface area contributed by atoms with Crippen molar-refractivity contribution in [3.8, 4) is 5.69 Å². The molecular formula is C17H18FN3OS. The Morgan fingerprint density at radius 2 is 1.91 bits per heavy atom. The maximum atomic E-state index is 13.2. The van der Waals surface area contributed by atoms with Crippen LogP contribution in [0, 0.1) is 5.82 Å². The van der Waals surface area contributed by atoms with Crippen molar-refractivity contribution < 1.29 is 9.18 Å². The van der Waals surface area contributed by atoms with E-state index < -0.39 is 0 Å². The molecule has 0 saturated carbocycles. The van der Waals surface area contributed by atoms with E-state index in [-0.39, 0.29) is 11.7 Å². The number of thioether (sulfide) groups is 1. The molecule has 0 aliphatic carbocycles. The molecule has 0 atom stereocenters. The van der Waals surface area contributed by atoms with E-state index in [1.54, 1.807) is 33.8 Å². The van der Waals surface area contributed by atoms with Crippen LogP contribution in [0.15, 0.2) is 60.9 Å². The van der Waals surface area contributed by atoms with Crippen molar-refractivity contribution in [3.63, 3.8) is 0 Å². The van der Waals surface area contributed by atoms with Crippen molar-refractivity contribution in [3.05, 3.63) is 67.3 Å². The second kappa shape index (κ2) is 7.78. The minimum Gasteiger partial charge on any atom is -0.330 e. The number of amides is 1. The molecule has 2 aromatic rings. The molecule has 1 aromatic carbocycles. The normalized spacial score (nSPS) is 10.3. The third-order valence-corrected chi connectivity index (χ3v) is 3.86. The van der Waals surface area contributed by atoms with Crippen molar-refractivity contribution in [2.45, 2.75) is 5.16 Å². The summed E-state index contributed by atoms with van der Waals surface area (Å²) in [5, 5.41) is 0.664. The maximum Gasteiger partial charge on any atom is 0.273 e. The summed E-state index contributed by atoms with van der Waals surface area (Å²) in [7, 11) is 0. The number of rotatable bonds is 7. The highest BCUT2D eigenvalue weighted by atomic mass is 32.2. The van der Waals surface area contributed by atoms with Gasteiger partial charge in [0.2, 0.25) is 0 Å². The summed E-state index contributed by atoms with van der Waals surface area (Å²) in [4.78, 5) is 18.7. The predicted octanol–water partition coefficient (Wildman–Crippen LogP) is 3.55. The molecule has 1 heterocycles. The average molecular weight is 331 g/mol. The quantitative estimate of drug-likeness (QED) is 0.575. The molecule has 1 aromatic heterocycles. The fourth-order valence-electron chi connectivity index (χ4n) is 2.18. The van der Waals surface area contributed by atoms with E-state index in [0.717, 1.165) is 0 Å². The first kappa shape index (κ1) is 17.0. The van der Waals surface area contributed by atoms with Crippen LogP contribution in [0.1, 0.15) is 10.5 Å². The van der Waals surface area contributed by atoms with Gasteiger partial charge in [0.1, 0.15) is 11.5 Å². The first-order valence-electron chi connectivity index (χ1n) is 7.01. The molecule has 0 aliphatic rings. The minimum absolute atomic E-state index is 0.179. The number of carbonyl (C=O) groups is 1. The molecule has 1 amide bonds. The fourth-order valence-corrected chi connectivity index (χ4v) is 2.73. The number of aromatic nitrogens is 2. The molecule has 0 unspecified atom stereocenters. The van der Waals surface area contributed by atoms with Gasteiger partial charge in [-0.2, -0.15) is 0 Å². The Hall–Kier alpha value is -2.34. The Balaban J connectivity index is 2.48. The van der Waals surface area contributed by atoms with Crippen LogP contribution in [-0.2, 0) is 0 Å². The van der Waals surface area contributed by atoms with Crippen LogP contribution < -0.4 is 0 Å². The van der Waals surface area contributed by atoms with Gasteiger partial charge in [-0.05, 0) is 30.5 Å². The molecule has 0 aliphatic heterocycles. The topological polar surface area (TPSA) is 38.1 Å². The number of benzene rings is 1. The van der Waals surface area contributed by atoms with Gasteiger partial charge in [0.05, 0.1) is 6.20 Å². The van der Waals surface area contributed by atoms with E-state index >= 15 is 0 Å². The predicted molar refractivity (Wildman–Crippen MR) is 91.6 cm³/mol. The van der Waals surface area contributed by atoms with Gasteiger partial charge >= 0.3 is 0 Å². The second-order valence-electron chi connectivity index (χ2n) is 4.73. The van der Waals surface area contributed by atoms with Crippen LogP contribution in [-0.4, -0.2) is 39.7 Å². The van der Waals surface area contributed by atoms with Gasteiger partial charge in [-0.15, -0.1) is 13.2 Å². The molecule has 0 radical (unpaired) electrons. The molecule has 0 N–H and O–H groups in total. The van der Waals surface area contributed by atoms with Gasteiger partial charge in [-0.3, -0.25) is 9.36 Å². The highest BCUT2D eigenvalue weighted by Crippen LogP contribution is 2.23. The zero-order chi connectivity index (χ0) is 16.8. The van der Waals surface area contributed by atoms with Crippen LogP contribution in [0.25, 0.3) is 5.69 Å². The van der Waals surface area contributed by atoms with Gasteiger partial charge in [-0.25, -0.2) is 9.37 Å². The highest BCUT2D eigenvalue weighted by molar-refractivity contribution is 7.98. The van der Waals surface area contributed by atoms with E-state index in [2.05, 4.69) is 18.1 Å². The molecule has 6 heteroatoms. The summed E-state index contributed by atoms with van der Waals surface area (Å²) < 4.78 is 14.9. The van der Waals surface area contributed by atoms with Crippen molar-refractivity contribution in [1.29, 1.82) is 0 Å². The zero-order valence-corrected chi connectivity index (χ0v) is 13.7. The lowest BCUT2D eigenvalue weighted by molar-refractivity contribution is 0.0782.